The molecule has 5 rings (SSSR count). The van der Waals surface area contributed by atoms with Gasteiger partial charge in [-0.2, -0.15) is 0 Å². The lowest BCUT2D eigenvalue weighted by Gasteiger charge is -2.46. The summed E-state index contributed by atoms with van der Waals surface area (Å²) in [6.07, 6.45) is 9.16. The predicted octanol–water partition coefficient (Wildman–Crippen LogP) is 2.48. The summed E-state index contributed by atoms with van der Waals surface area (Å²) < 4.78 is 11.8. The number of hydrogen-bond acceptors (Lipinski definition) is 7. The van der Waals surface area contributed by atoms with E-state index in [1.54, 1.807) is 18.2 Å². The van der Waals surface area contributed by atoms with Crippen LogP contribution in [0.5, 0.6) is 11.5 Å². The summed E-state index contributed by atoms with van der Waals surface area (Å²) in [5.74, 6) is -0.323. The number of carbonyl (C=O) groups excluding carboxylic acids is 3. The van der Waals surface area contributed by atoms with Crippen LogP contribution in [0, 0.1) is 5.92 Å². The van der Waals surface area contributed by atoms with Crippen molar-refractivity contribution in [2.75, 3.05) is 20.3 Å². The lowest BCUT2D eigenvalue weighted by molar-refractivity contribution is -0.145. The Morgan fingerprint density at radius 3 is 2.50 bits per heavy atom. The van der Waals surface area contributed by atoms with Crippen LogP contribution < -0.4 is 14.8 Å². The van der Waals surface area contributed by atoms with Crippen molar-refractivity contribution in [1.82, 2.24) is 10.2 Å². The quantitative estimate of drug-likeness (QED) is 0.445. The van der Waals surface area contributed by atoms with Gasteiger partial charge in [0.25, 0.3) is 0 Å². The number of fused-ring (bicyclic) bond motifs is 3. The number of ether oxygens (including phenoxy) is 2. The van der Waals surface area contributed by atoms with Gasteiger partial charge in [0, 0.05) is 35.2 Å². The van der Waals surface area contributed by atoms with E-state index in [1.807, 2.05) is 4.90 Å². The van der Waals surface area contributed by atoms with Crippen LogP contribution in [0.3, 0.4) is 0 Å². The van der Waals surface area contributed by atoms with Gasteiger partial charge in [-0.1, -0.05) is 32.1 Å². The molecule has 0 aromatic heterocycles. The third kappa shape index (κ3) is 4.82. The molecule has 2 saturated carbocycles. The topological polar surface area (TPSA) is 125 Å². The van der Waals surface area contributed by atoms with Crippen LogP contribution in [0.1, 0.15) is 79.6 Å². The van der Waals surface area contributed by atoms with Crippen molar-refractivity contribution < 1.29 is 34.1 Å². The van der Waals surface area contributed by atoms with Crippen LogP contribution >= 0.6 is 0 Å². The molecule has 9 heteroatoms. The molecule has 2 fully saturated rings. The molecule has 38 heavy (non-hydrogen) atoms. The highest BCUT2D eigenvalue weighted by molar-refractivity contribution is 5.96. The van der Waals surface area contributed by atoms with Gasteiger partial charge < -0.3 is 29.9 Å². The molecule has 1 heterocycles. The second-order valence-electron chi connectivity index (χ2n) is 10.9. The largest absolute Gasteiger partial charge is 0.493 e. The maximum absolute atomic E-state index is 14.0. The second-order valence-corrected chi connectivity index (χ2v) is 10.9. The Morgan fingerprint density at radius 2 is 1.84 bits per heavy atom. The van der Waals surface area contributed by atoms with E-state index in [1.165, 1.54) is 7.11 Å². The third-order valence-corrected chi connectivity index (χ3v) is 8.66. The van der Waals surface area contributed by atoms with E-state index in [0.29, 0.717) is 34.5 Å². The van der Waals surface area contributed by atoms with E-state index in [2.05, 4.69) is 5.32 Å². The number of hydrogen-bond donors (Lipinski definition) is 3. The van der Waals surface area contributed by atoms with Gasteiger partial charge in [-0.05, 0) is 43.9 Å². The van der Waals surface area contributed by atoms with Crippen molar-refractivity contribution in [3.63, 3.8) is 0 Å². The number of aldehydes is 1. The second kappa shape index (κ2) is 11.5. The zero-order valence-electron chi connectivity index (χ0n) is 21.9. The Labute approximate surface area is 223 Å². The number of nitrogens with zero attached hydrogens (tertiary/aromatic N) is 1. The number of nitrogens with one attached hydrogen (secondary N) is 1. The molecule has 3 aliphatic carbocycles. The molecule has 0 saturated heterocycles. The minimum absolute atomic E-state index is 0.00830. The number of carbonyl (C=O) groups is 3. The molecule has 1 aromatic rings. The van der Waals surface area contributed by atoms with E-state index >= 15 is 0 Å². The average Bonchev–Trinajstić information content (AvgIpc) is 3.62. The minimum atomic E-state index is -1.08. The lowest BCUT2D eigenvalue weighted by Crippen LogP contribution is -2.59. The highest BCUT2D eigenvalue weighted by Crippen LogP contribution is 2.51. The first-order valence-electron chi connectivity index (χ1n) is 13.9. The van der Waals surface area contributed by atoms with Crippen molar-refractivity contribution in [1.29, 1.82) is 0 Å². The van der Waals surface area contributed by atoms with Crippen LogP contribution in [-0.2, 0) is 9.59 Å². The molecule has 0 spiro atoms. The van der Waals surface area contributed by atoms with Crippen LogP contribution in [-0.4, -0.2) is 77.8 Å². The zero-order valence-corrected chi connectivity index (χ0v) is 21.9. The molecule has 206 valence electrons. The van der Waals surface area contributed by atoms with Crippen LogP contribution in [0.25, 0.3) is 0 Å². The molecule has 4 aliphatic rings. The zero-order chi connectivity index (χ0) is 26.8. The average molecular weight is 527 g/mol. The fraction of sp³-hybridized carbons (Fsp3) is 0.621. The Morgan fingerprint density at radius 1 is 1.13 bits per heavy atom. The lowest BCUT2D eigenvalue weighted by atomic mass is 9.76. The Kier molecular flexibility index (Phi) is 8.04. The first-order chi connectivity index (χ1) is 18.5. The number of aliphatic hydroxyl groups excluding tert-OH is 2. The summed E-state index contributed by atoms with van der Waals surface area (Å²) in [4.78, 5) is 41.0. The van der Waals surface area contributed by atoms with Crippen LogP contribution in [0.15, 0.2) is 23.8 Å². The SMILES string of the molecule is COc1cc(C=O)cc2c1OC1C2C(C(=O)NCCO)=CC(N(C(=O)C2CCCC2)C2CCCCC2)C1O. The van der Waals surface area contributed by atoms with Crippen molar-refractivity contribution in [2.24, 2.45) is 5.92 Å². The fourth-order valence-electron chi connectivity index (χ4n) is 6.84. The normalized spacial score (nSPS) is 27.1. The fourth-order valence-corrected chi connectivity index (χ4v) is 6.84. The maximum Gasteiger partial charge on any atom is 0.247 e. The summed E-state index contributed by atoms with van der Waals surface area (Å²) in [5.41, 5.74) is 1.32. The molecular formula is C29H38N2O7. The van der Waals surface area contributed by atoms with Gasteiger partial charge in [0.05, 0.1) is 25.7 Å². The molecule has 9 nitrogen and oxygen atoms in total. The summed E-state index contributed by atoms with van der Waals surface area (Å²) >= 11 is 0. The number of amides is 2. The molecule has 1 aromatic carbocycles. The maximum atomic E-state index is 14.0. The molecule has 0 bridgehead atoms. The van der Waals surface area contributed by atoms with Crippen molar-refractivity contribution in [3.8, 4) is 11.5 Å². The van der Waals surface area contributed by atoms with E-state index in [0.717, 1.165) is 57.8 Å². The number of rotatable bonds is 8. The highest BCUT2D eigenvalue weighted by atomic mass is 16.5. The molecule has 0 radical (unpaired) electrons. The van der Waals surface area contributed by atoms with Crippen LogP contribution in [0.2, 0.25) is 0 Å². The highest BCUT2D eigenvalue weighted by Gasteiger charge is 2.52. The van der Waals surface area contributed by atoms with Crippen molar-refractivity contribution in [2.45, 2.75) is 88.0 Å². The summed E-state index contributed by atoms with van der Waals surface area (Å²) in [7, 11) is 1.48. The summed E-state index contributed by atoms with van der Waals surface area (Å²) in [6, 6.07) is 2.50. The van der Waals surface area contributed by atoms with E-state index in [4.69, 9.17) is 9.47 Å². The third-order valence-electron chi connectivity index (χ3n) is 8.66. The first-order valence-corrected chi connectivity index (χ1v) is 13.9. The molecule has 2 amide bonds. The monoisotopic (exact) mass is 526 g/mol. The van der Waals surface area contributed by atoms with E-state index in [9.17, 15) is 24.6 Å². The smallest absolute Gasteiger partial charge is 0.247 e. The minimum Gasteiger partial charge on any atom is -0.493 e. The Balaban J connectivity index is 1.59. The Hall–Kier alpha value is -2.91. The van der Waals surface area contributed by atoms with Gasteiger partial charge in [0.1, 0.15) is 18.5 Å². The van der Waals surface area contributed by atoms with Gasteiger partial charge in [-0.25, -0.2) is 0 Å². The molecule has 1 aliphatic heterocycles. The van der Waals surface area contributed by atoms with Gasteiger partial charge >= 0.3 is 0 Å². The van der Waals surface area contributed by atoms with Gasteiger partial charge in [0.15, 0.2) is 11.5 Å². The summed E-state index contributed by atoms with van der Waals surface area (Å²) in [6.45, 7) is -0.150. The molecule has 3 N–H and O–H groups in total. The molecular weight excluding hydrogens is 488 g/mol. The van der Waals surface area contributed by atoms with Crippen molar-refractivity contribution in [3.05, 3.63) is 34.9 Å². The van der Waals surface area contributed by atoms with E-state index in [-0.39, 0.29) is 31.0 Å². The standard InChI is InChI=1S/C29H38N2O7/c1-37-23-14-17(16-33)13-20-24-21(28(35)30-11-12-32)15-22(25(34)27(24)38-26(20)23)31(19-9-3-2-4-10-19)29(36)18-7-5-6-8-18/h13-16,18-19,22,24-25,27,32,34H,2-12H2,1H3,(H,30,35). The van der Waals surface area contributed by atoms with Crippen LogP contribution in [0.4, 0.5) is 0 Å². The molecule has 4 unspecified atom stereocenters. The number of methoxy groups -OCH3 is 1. The number of benzene rings is 1. The summed E-state index contributed by atoms with van der Waals surface area (Å²) in [5, 5.41) is 23.9. The predicted molar refractivity (Wildman–Crippen MR) is 139 cm³/mol. The molecule has 4 atom stereocenters. The van der Waals surface area contributed by atoms with Crippen molar-refractivity contribution >= 4 is 18.1 Å². The Bertz CT molecular complexity index is 1090. The van der Waals surface area contributed by atoms with E-state index < -0.39 is 30.1 Å². The van der Waals surface area contributed by atoms with Gasteiger partial charge in [0.2, 0.25) is 11.8 Å². The van der Waals surface area contributed by atoms with Gasteiger partial charge in [-0.3, -0.25) is 14.4 Å². The number of aliphatic hydroxyl groups is 2. The first kappa shape index (κ1) is 26.7. The van der Waals surface area contributed by atoms with Gasteiger partial charge in [-0.15, -0.1) is 0 Å².